The minimum atomic E-state index is -0.301. The van der Waals surface area contributed by atoms with Gasteiger partial charge in [-0.15, -0.1) is 0 Å². The van der Waals surface area contributed by atoms with Crippen LogP contribution in [0.15, 0.2) is 54.6 Å². The molecule has 0 aliphatic heterocycles. The van der Waals surface area contributed by atoms with E-state index in [-0.39, 0.29) is 23.9 Å². The lowest BCUT2D eigenvalue weighted by atomic mass is 9.92. The van der Waals surface area contributed by atoms with Crippen molar-refractivity contribution in [2.24, 2.45) is 5.92 Å². The van der Waals surface area contributed by atoms with Gasteiger partial charge in [-0.3, -0.25) is 9.59 Å². The molecule has 2 aromatic rings. The van der Waals surface area contributed by atoms with Gasteiger partial charge in [0.15, 0.2) is 11.6 Å². The molecule has 0 fully saturated rings. The van der Waals surface area contributed by atoms with Gasteiger partial charge in [0.05, 0.1) is 0 Å². The van der Waals surface area contributed by atoms with Crippen molar-refractivity contribution in [3.05, 3.63) is 71.3 Å². The van der Waals surface area contributed by atoms with Crippen molar-refractivity contribution >= 4 is 11.6 Å². The third kappa shape index (κ3) is 3.41. The largest absolute Gasteiger partial charge is 0.294 e. The molecule has 0 spiro atoms. The molecule has 0 aliphatic rings. The molecule has 0 heterocycles. The number of carbonyl (C=O) groups excluding carboxylic acids is 2. The molecular formula is C18H18O2. The summed E-state index contributed by atoms with van der Waals surface area (Å²) in [5.41, 5.74) is 2.45. The van der Waals surface area contributed by atoms with Gasteiger partial charge >= 0.3 is 0 Å². The highest BCUT2D eigenvalue weighted by Crippen LogP contribution is 2.16. The maximum atomic E-state index is 12.3. The highest BCUT2D eigenvalue weighted by atomic mass is 16.1. The summed E-state index contributed by atoms with van der Waals surface area (Å²) in [7, 11) is 0. The Labute approximate surface area is 119 Å². The number of Topliss-reactive ketones (excluding diaryl/α,β-unsaturated/α-hetero) is 2. The van der Waals surface area contributed by atoms with Gasteiger partial charge in [-0.1, -0.05) is 67.1 Å². The van der Waals surface area contributed by atoms with Crippen LogP contribution in [0.3, 0.4) is 0 Å². The van der Waals surface area contributed by atoms with Crippen molar-refractivity contribution in [3.63, 3.8) is 0 Å². The summed E-state index contributed by atoms with van der Waals surface area (Å²) >= 11 is 0. The monoisotopic (exact) mass is 266 g/mol. The molecule has 0 radical (unpaired) electrons. The molecule has 2 heteroatoms. The molecule has 102 valence electrons. The van der Waals surface area contributed by atoms with Crippen molar-refractivity contribution in [1.82, 2.24) is 0 Å². The molecule has 2 nitrogen and oxygen atoms in total. The highest BCUT2D eigenvalue weighted by Gasteiger charge is 2.19. The Kier molecular flexibility index (Phi) is 4.46. The van der Waals surface area contributed by atoms with E-state index in [1.807, 2.05) is 56.3 Å². The molecule has 0 amide bonds. The van der Waals surface area contributed by atoms with Crippen molar-refractivity contribution in [3.8, 4) is 0 Å². The summed E-state index contributed by atoms with van der Waals surface area (Å²) in [5, 5.41) is 0. The molecule has 0 bridgehead atoms. The fraction of sp³-hybridized carbons (Fsp3) is 0.222. The van der Waals surface area contributed by atoms with Crippen LogP contribution in [0.25, 0.3) is 0 Å². The van der Waals surface area contributed by atoms with Gasteiger partial charge in [-0.2, -0.15) is 0 Å². The zero-order valence-electron chi connectivity index (χ0n) is 11.8. The molecule has 0 N–H and O–H groups in total. The van der Waals surface area contributed by atoms with E-state index in [0.717, 1.165) is 5.56 Å². The molecule has 0 aliphatic carbocycles. The summed E-state index contributed by atoms with van der Waals surface area (Å²) in [5.74, 6) is -0.266. The van der Waals surface area contributed by atoms with E-state index in [9.17, 15) is 9.59 Å². The van der Waals surface area contributed by atoms with Crippen LogP contribution in [0.1, 0.15) is 39.6 Å². The van der Waals surface area contributed by atoms with Crippen LogP contribution in [0.4, 0.5) is 0 Å². The predicted octanol–water partition coefficient (Wildman–Crippen LogP) is 4.09. The smallest absolute Gasteiger partial charge is 0.166 e. The summed E-state index contributed by atoms with van der Waals surface area (Å²) < 4.78 is 0. The van der Waals surface area contributed by atoms with Gasteiger partial charge in [0, 0.05) is 23.5 Å². The number of hydrogen-bond donors (Lipinski definition) is 0. The second-order valence-electron chi connectivity index (χ2n) is 5.12. The summed E-state index contributed by atoms with van der Waals surface area (Å²) in [6.07, 6.45) is 0.247. The van der Waals surface area contributed by atoms with E-state index in [0.29, 0.717) is 11.1 Å². The Morgan fingerprint density at radius 1 is 0.900 bits per heavy atom. The van der Waals surface area contributed by atoms with Gasteiger partial charge < -0.3 is 0 Å². The lowest BCUT2D eigenvalue weighted by Crippen LogP contribution is -2.16. The summed E-state index contributed by atoms with van der Waals surface area (Å²) in [4.78, 5) is 24.4. The van der Waals surface area contributed by atoms with Crippen molar-refractivity contribution in [2.75, 3.05) is 0 Å². The normalized spacial score (nSPS) is 11.9. The number of rotatable bonds is 5. The third-order valence-corrected chi connectivity index (χ3v) is 3.37. The zero-order chi connectivity index (χ0) is 14.5. The maximum Gasteiger partial charge on any atom is 0.166 e. The van der Waals surface area contributed by atoms with E-state index in [4.69, 9.17) is 0 Å². The zero-order valence-corrected chi connectivity index (χ0v) is 11.8. The Balaban J connectivity index is 2.05. The first kappa shape index (κ1) is 14.2. The Bertz CT molecular complexity index is 597. The minimum absolute atomic E-state index is 0.0126. The average molecular weight is 266 g/mol. The van der Waals surface area contributed by atoms with Crippen molar-refractivity contribution < 1.29 is 9.59 Å². The molecule has 0 saturated carbocycles. The number of benzene rings is 2. The fourth-order valence-electron chi connectivity index (χ4n) is 2.12. The minimum Gasteiger partial charge on any atom is -0.294 e. The Hall–Kier alpha value is -2.22. The van der Waals surface area contributed by atoms with Crippen molar-refractivity contribution in [1.29, 1.82) is 0 Å². The Morgan fingerprint density at radius 3 is 2.10 bits per heavy atom. The van der Waals surface area contributed by atoms with Crippen LogP contribution in [-0.2, 0) is 0 Å². The van der Waals surface area contributed by atoms with Crippen LogP contribution in [-0.4, -0.2) is 11.6 Å². The molecule has 0 aromatic heterocycles. The van der Waals surface area contributed by atoms with Gasteiger partial charge in [0.25, 0.3) is 0 Å². The fourth-order valence-corrected chi connectivity index (χ4v) is 2.12. The maximum absolute atomic E-state index is 12.3. The van der Waals surface area contributed by atoms with Gasteiger partial charge in [-0.05, 0) is 6.92 Å². The first-order valence-corrected chi connectivity index (χ1v) is 6.77. The second-order valence-corrected chi connectivity index (χ2v) is 5.12. The van der Waals surface area contributed by atoms with Gasteiger partial charge in [0.2, 0.25) is 0 Å². The lowest BCUT2D eigenvalue weighted by molar-refractivity contribution is 0.0863. The third-order valence-electron chi connectivity index (χ3n) is 3.37. The molecular weight excluding hydrogens is 248 g/mol. The van der Waals surface area contributed by atoms with Crippen molar-refractivity contribution in [2.45, 2.75) is 20.3 Å². The first-order valence-electron chi connectivity index (χ1n) is 6.77. The number of aryl methyl sites for hydroxylation is 1. The van der Waals surface area contributed by atoms with Crippen LogP contribution in [0.2, 0.25) is 0 Å². The number of carbonyl (C=O) groups is 2. The lowest BCUT2D eigenvalue weighted by Gasteiger charge is -2.10. The van der Waals surface area contributed by atoms with Crippen LogP contribution < -0.4 is 0 Å². The standard InChI is InChI=1S/C18H18O2/c1-13-8-10-16(11-9-13)18(20)14(2)12-17(19)15-6-4-3-5-7-15/h3-11,14H,12H2,1-2H3. The van der Waals surface area contributed by atoms with Gasteiger partial charge in [0.1, 0.15) is 0 Å². The molecule has 20 heavy (non-hydrogen) atoms. The number of hydrogen-bond acceptors (Lipinski definition) is 2. The summed E-state index contributed by atoms with van der Waals surface area (Å²) in [6.45, 7) is 3.79. The second kappa shape index (κ2) is 6.29. The van der Waals surface area contributed by atoms with Gasteiger partial charge in [-0.25, -0.2) is 0 Å². The first-order chi connectivity index (χ1) is 9.58. The van der Waals surface area contributed by atoms with E-state index in [1.165, 1.54) is 0 Å². The Morgan fingerprint density at radius 2 is 1.50 bits per heavy atom. The average Bonchev–Trinajstić information content (AvgIpc) is 2.48. The van der Waals surface area contributed by atoms with Crippen LogP contribution in [0.5, 0.6) is 0 Å². The SMILES string of the molecule is Cc1ccc(C(=O)C(C)CC(=O)c2ccccc2)cc1. The molecule has 0 saturated heterocycles. The van der Waals surface area contributed by atoms with E-state index in [1.54, 1.807) is 12.1 Å². The van der Waals surface area contributed by atoms with E-state index >= 15 is 0 Å². The van der Waals surface area contributed by atoms with Crippen LogP contribution in [0, 0.1) is 12.8 Å². The predicted molar refractivity (Wildman–Crippen MR) is 80.1 cm³/mol. The van der Waals surface area contributed by atoms with E-state index in [2.05, 4.69) is 0 Å². The molecule has 2 rings (SSSR count). The quantitative estimate of drug-likeness (QED) is 0.764. The molecule has 2 aromatic carbocycles. The van der Waals surface area contributed by atoms with Crippen LogP contribution >= 0.6 is 0 Å². The summed E-state index contributed by atoms with van der Waals surface area (Å²) in [6, 6.07) is 16.6. The highest BCUT2D eigenvalue weighted by molar-refractivity contribution is 6.03. The topological polar surface area (TPSA) is 34.1 Å². The van der Waals surface area contributed by atoms with E-state index < -0.39 is 0 Å². The molecule has 1 atom stereocenters. The number of ketones is 2. The molecule has 1 unspecified atom stereocenters.